The van der Waals surface area contributed by atoms with E-state index in [2.05, 4.69) is 31.8 Å². The van der Waals surface area contributed by atoms with Gasteiger partial charge in [-0.25, -0.2) is 0 Å². The van der Waals surface area contributed by atoms with Crippen LogP contribution in [0.25, 0.3) is 27.9 Å². The topological polar surface area (TPSA) is 172 Å². The second-order valence-corrected chi connectivity index (χ2v) is 9.30. The Labute approximate surface area is 221 Å². The summed E-state index contributed by atoms with van der Waals surface area (Å²) in [6.07, 6.45) is 1.70. The summed E-state index contributed by atoms with van der Waals surface area (Å²) in [4.78, 5) is 12.7. The Balaban J connectivity index is 1.30. The first-order valence-corrected chi connectivity index (χ1v) is 12.4. The van der Waals surface area contributed by atoms with Crippen molar-refractivity contribution in [1.82, 2.24) is 30.3 Å². The third kappa shape index (κ3) is 4.54. The first kappa shape index (κ1) is 24.5. The third-order valence-corrected chi connectivity index (χ3v) is 6.83. The Morgan fingerprint density at radius 1 is 1.18 bits per heavy atom. The van der Waals surface area contributed by atoms with E-state index in [1.165, 1.54) is 10.6 Å². The van der Waals surface area contributed by atoms with Gasteiger partial charge in [-0.2, -0.15) is 9.78 Å². The number of amides is 1. The zero-order chi connectivity index (χ0) is 26.9. The SMILES string of the molecule is N#Cc1cc(C(=O)N[C@H]2CCC[C@@H]2O)ccc1COc1nn2c(-c3cc(CO)on3)nnc2c2ccccc12. The highest BCUT2D eigenvalue weighted by atomic mass is 16.5. The summed E-state index contributed by atoms with van der Waals surface area (Å²) in [7, 11) is 0. The molecule has 39 heavy (non-hydrogen) atoms. The van der Waals surface area contributed by atoms with E-state index in [-0.39, 0.29) is 36.8 Å². The summed E-state index contributed by atoms with van der Waals surface area (Å²) >= 11 is 0. The van der Waals surface area contributed by atoms with Gasteiger partial charge in [0.2, 0.25) is 11.7 Å². The van der Waals surface area contributed by atoms with Gasteiger partial charge >= 0.3 is 0 Å². The van der Waals surface area contributed by atoms with E-state index in [4.69, 9.17) is 9.26 Å². The fraction of sp³-hybridized carbons (Fsp3) is 0.259. The normalized spacial score (nSPS) is 16.9. The van der Waals surface area contributed by atoms with Crippen molar-refractivity contribution in [2.75, 3.05) is 0 Å². The second-order valence-electron chi connectivity index (χ2n) is 9.30. The van der Waals surface area contributed by atoms with Crippen LogP contribution in [0.15, 0.2) is 53.1 Å². The molecule has 1 aliphatic carbocycles. The van der Waals surface area contributed by atoms with Crippen molar-refractivity contribution >= 4 is 22.3 Å². The van der Waals surface area contributed by atoms with Gasteiger partial charge in [0, 0.05) is 28.0 Å². The van der Waals surface area contributed by atoms with Crippen molar-refractivity contribution in [2.24, 2.45) is 0 Å². The number of nitrogens with one attached hydrogen (secondary N) is 1. The summed E-state index contributed by atoms with van der Waals surface area (Å²) in [6, 6.07) is 15.7. The molecule has 196 valence electrons. The molecule has 0 unspecified atom stereocenters. The van der Waals surface area contributed by atoms with E-state index in [1.807, 2.05) is 24.3 Å². The van der Waals surface area contributed by atoms with Crippen LogP contribution in [0.2, 0.25) is 0 Å². The van der Waals surface area contributed by atoms with Crippen LogP contribution < -0.4 is 10.1 Å². The molecule has 1 fully saturated rings. The number of hydrogen-bond acceptors (Lipinski definition) is 10. The number of carbonyl (C=O) groups excluding carboxylic acids is 1. The van der Waals surface area contributed by atoms with Crippen LogP contribution in [0, 0.1) is 11.3 Å². The first-order valence-electron chi connectivity index (χ1n) is 12.4. The van der Waals surface area contributed by atoms with E-state index < -0.39 is 6.10 Å². The summed E-state index contributed by atoms with van der Waals surface area (Å²) in [5.74, 6) is 0.537. The number of benzene rings is 2. The van der Waals surface area contributed by atoms with Crippen LogP contribution in [-0.4, -0.2) is 53.2 Å². The van der Waals surface area contributed by atoms with Gasteiger partial charge in [-0.1, -0.05) is 29.4 Å². The number of nitriles is 1. The molecule has 5 aromatic rings. The molecule has 3 N–H and O–H groups in total. The summed E-state index contributed by atoms with van der Waals surface area (Å²) < 4.78 is 12.7. The van der Waals surface area contributed by atoms with Gasteiger partial charge in [0.1, 0.15) is 13.2 Å². The molecule has 2 atom stereocenters. The lowest BCUT2D eigenvalue weighted by molar-refractivity contribution is 0.0873. The Morgan fingerprint density at radius 3 is 2.77 bits per heavy atom. The summed E-state index contributed by atoms with van der Waals surface area (Å²) in [5, 5.41) is 50.4. The molecule has 0 bridgehead atoms. The zero-order valence-corrected chi connectivity index (χ0v) is 20.6. The minimum Gasteiger partial charge on any atom is -0.471 e. The molecular weight excluding hydrogens is 502 g/mol. The molecule has 6 rings (SSSR count). The van der Waals surface area contributed by atoms with Gasteiger partial charge in [-0.15, -0.1) is 15.3 Å². The molecule has 2 aromatic carbocycles. The summed E-state index contributed by atoms with van der Waals surface area (Å²) in [6.45, 7) is -0.288. The van der Waals surface area contributed by atoms with E-state index in [1.54, 1.807) is 18.2 Å². The Morgan fingerprint density at radius 2 is 2.03 bits per heavy atom. The van der Waals surface area contributed by atoms with Crippen LogP contribution in [0.4, 0.5) is 0 Å². The average molecular weight is 526 g/mol. The predicted molar refractivity (Wildman–Crippen MR) is 136 cm³/mol. The molecular formula is C27H23N7O5. The van der Waals surface area contributed by atoms with Crippen LogP contribution in [0.1, 0.15) is 46.5 Å². The minimum atomic E-state index is -0.552. The van der Waals surface area contributed by atoms with Crippen molar-refractivity contribution < 1.29 is 24.3 Å². The van der Waals surface area contributed by atoms with Gasteiger partial charge in [0.25, 0.3) is 5.91 Å². The number of carbonyl (C=O) groups is 1. The lowest BCUT2D eigenvalue weighted by atomic mass is 10.0. The molecule has 0 saturated heterocycles. The van der Waals surface area contributed by atoms with Crippen molar-refractivity contribution in [3.05, 3.63) is 71.0 Å². The monoisotopic (exact) mass is 525 g/mol. The smallest absolute Gasteiger partial charge is 0.251 e. The Kier molecular flexibility index (Phi) is 6.36. The van der Waals surface area contributed by atoms with Gasteiger partial charge in [0.15, 0.2) is 17.1 Å². The molecule has 3 aromatic heterocycles. The highest BCUT2D eigenvalue weighted by Gasteiger charge is 2.27. The zero-order valence-electron chi connectivity index (χ0n) is 20.6. The van der Waals surface area contributed by atoms with Crippen molar-refractivity contribution in [3.8, 4) is 23.5 Å². The number of aromatic nitrogens is 5. The first-order chi connectivity index (χ1) is 19.1. The maximum absolute atomic E-state index is 12.7. The predicted octanol–water partition coefficient (Wildman–Crippen LogP) is 2.52. The second kappa shape index (κ2) is 10.1. The Bertz CT molecular complexity index is 1740. The van der Waals surface area contributed by atoms with Gasteiger partial charge < -0.3 is 24.8 Å². The molecule has 12 heteroatoms. The molecule has 3 heterocycles. The van der Waals surface area contributed by atoms with Crippen molar-refractivity contribution in [1.29, 1.82) is 5.26 Å². The largest absolute Gasteiger partial charge is 0.471 e. The molecule has 1 aliphatic rings. The van der Waals surface area contributed by atoms with E-state index >= 15 is 0 Å². The molecule has 1 saturated carbocycles. The molecule has 0 spiro atoms. The van der Waals surface area contributed by atoms with Crippen molar-refractivity contribution in [3.63, 3.8) is 0 Å². The van der Waals surface area contributed by atoms with Gasteiger partial charge in [-0.3, -0.25) is 4.79 Å². The van der Waals surface area contributed by atoms with Crippen LogP contribution >= 0.6 is 0 Å². The van der Waals surface area contributed by atoms with Crippen molar-refractivity contribution in [2.45, 2.75) is 44.6 Å². The highest BCUT2D eigenvalue weighted by molar-refractivity contribution is 5.97. The van der Waals surface area contributed by atoms with E-state index in [0.717, 1.165) is 18.2 Å². The van der Waals surface area contributed by atoms with E-state index in [9.17, 15) is 20.3 Å². The maximum Gasteiger partial charge on any atom is 0.251 e. The van der Waals surface area contributed by atoms with Crippen LogP contribution in [0.3, 0.4) is 0 Å². The van der Waals surface area contributed by atoms with Crippen LogP contribution in [-0.2, 0) is 13.2 Å². The highest BCUT2D eigenvalue weighted by Crippen LogP contribution is 2.29. The fourth-order valence-corrected chi connectivity index (χ4v) is 4.77. The number of rotatable bonds is 7. The summed E-state index contributed by atoms with van der Waals surface area (Å²) in [5.41, 5.74) is 2.05. The molecule has 0 aliphatic heterocycles. The van der Waals surface area contributed by atoms with E-state index in [0.29, 0.717) is 45.7 Å². The van der Waals surface area contributed by atoms with Gasteiger partial charge in [-0.05, 0) is 37.5 Å². The number of fused-ring (bicyclic) bond motifs is 3. The Hall–Kier alpha value is -4.86. The average Bonchev–Trinajstić information content (AvgIpc) is 3.71. The molecule has 1 amide bonds. The minimum absolute atomic E-state index is 0.0186. The quantitative estimate of drug-likeness (QED) is 0.287. The number of aliphatic hydroxyl groups is 2. The van der Waals surface area contributed by atoms with Crippen LogP contribution in [0.5, 0.6) is 5.88 Å². The maximum atomic E-state index is 12.7. The number of ether oxygens (including phenoxy) is 1. The third-order valence-electron chi connectivity index (χ3n) is 6.83. The number of nitrogens with zero attached hydrogens (tertiary/aromatic N) is 6. The number of aliphatic hydroxyl groups excluding tert-OH is 2. The van der Waals surface area contributed by atoms with Gasteiger partial charge in [0.05, 0.1) is 23.8 Å². The molecule has 12 nitrogen and oxygen atoms in total. The molecule has 0 radical (unpaired) electrons. The number of hydrogen-bond donors (Lipinski definition) is 3. The fourth-order valence-electron chi connectivity index (χ4n) is 4.77. The standard InChI is InChI=1S/C27H23N7O5/c28-12-17-10-15(26(37)29-21-6-3-7-23(21)36)8-9-16(17)14-38-27-20-5-2-1-4-19(20)24-30-31-25(34(24)32-27)22-11-18(13-35)39-33-22/h1-2,4-5,8-11,21,23,35-36H,3,6-7,13-14H2,(H,29,37)/t21-,23-/m0/s1. The lowest BCUT2D eigenvalue weighted by Gasteiger charge is -2.17. The lowest BCUT2D eigenvalue weighted by Crippen LogP contribution is -2.39.